The van der Waals surface area contributed by atoms with Gasteiger partial charge in [0, 0.05) is 18.8 Å². The molecular weight excluding hydrogens is 417 g/mol. The lowest BCUT2D eigenvalue weighted by Gasteiger charge is -2.29. The summed E-state index contributed by atoms with van der Waals surface area (Å²) in [5.74, 6) is -0.0382. The molecule has 1 fully saturated rings. The van der Waals surface area contributed by atoms with Gasteiger partial charge in [0.15, 0.2) is 5.11 Å². The Labute approximate surface area is 176 Å². The van der Waals surface area contributed by atoms with Crippen molar-refractivity contribution >= 4 is 28.9 Å². The summed E-state index contributed by atoms with van der Waals surface area (Å²) >= 11 is 5.46. The van der Waals surface area contributed by atoms with Crippen molar-refractivity contribution in [3.05, 3.63) is 53.2 Å². The number of aromatic nitrogens is 1. The number of anilines is 1. The van der Waals surface area contributed by atoms with Crippen LogP contribution in [-0.4, -0.2) is 33.6 Å². The highest BCUT2D eigenvalue weighted by Gasteiger charge is 2.49. The summed E-state index contributed by atoms with van der Waals surface area (Å²) in [6, 6.07) is 8.05. The number of nitrogens with zero attached hydrogens (tertiary/aromatic N) is 4. The van der Waals surface area contributed by atoms with E-state index in [9.17, 15) is 18.0 Å². The monoisotopic (exact) mass is 434 g/mol. The van der Waals surface area contributed by atoms with Gasteiger partial charge in [-0.2, -0.15) is 18.4 Å². The smallest absolute Gasteiger partial charge is 0.417 e. The Morgan fingerprint density at radius 3 is 2.50 bits per heavy atom. The second-order valence-corrected chi connectivity index (χ2v) is 7.48. The predicted octanol–water partition coefficient (Wildman–Crippen LogP) is 3.89. The summed E-state index contributed by atoms with van der Waals surface area (Å²) in [6.07, 6.45) is -3.16. The second-order valence-electron chi connectivity index (χ2n) is 7.12. The second kappa shape index (κ2) is 7.57. The fraction of sp³-hybridized carbons (Fsp3) is 0.300. The van der Waals surface area contributed by atoms with Crippen molar-refractivity contribution in [1.29, 1.82) is 5.26 Å². The summed E-state index contributed by atoms with van der Waals surface area (Å²) in [5.41, 5.74) is -2.03. The standard InChI is InChI=1S/C20H17F3N4O2S/c1-19(2)17(28)27(14-6-5-13(9-24)15(8-14)20(21,22)23)18(30)26(19)11-12-4-7-16(29-3)25-10-12/h4-8,10H,11H2,1-3H3. The first-order valence-corrected chi connectivity index (χ1v) is 9.18. The largest absolute Gasteiger partial charge is 0.481 e. The van der Waals surface area contributed by atoms with E-state index in [1.807, 2.05) is 0 Å². The molecule has 2 aromatic rings. The summed E-state index contributed by atoms with van der Waals surface area (Å²) in [7, 11) is 1.49. The Bertz CT molecular complexity index is 1050. The third kappa shape index (κ3) is 3.68. The van der Waals surface area contributed by atoms with Crippen LogP contribution in [-0.2, 0) is 17.5 Å². The number of carbonyl (C=O) groups excluding carboxylic acids is 1. The first-order chi connectivity index (χ1) is 14.0. The molecule has 6 nitrogen and oxygen atoms in total. The van der Waals surface area contributed by atoms with Gasteiger partial charge in [-0.25, -0.2) is 4.98 Å². The molecule has 30 heavy (non-hydrogen) atoms. The van der Waals surface area contributed by atoms with Crippen LogP contribution in [0.1, 0.15) is 30.5 Å². The quantitative estimate of drug-likeness (QED) is 0.680. The van der Waals surface area contributed by atoms with Crippen LogP contribution < -0.4 is 9.64 Å². The van der Waals surface area contributed by atoms with E-state index in [-0.39, 0.29) is 17.3 Å². The van der Waals surface area contributed by atoms with E-state index in [0.29, 0.717) is 5.88 Å². The number of halogens is 3. The molecule has 1 aromatic carbocycles. The lowest BCUT2D eigenvalue weighted by Crippen LogP contribution is -2.43. The first kappa shape index (κ1) is 21.5. The van der Waals surface area contributed by atoms with Gasteiger partial charge in [0.2, 0.25) is 5.88 Å². The molecule has 1 aromatic heterocycles. The molecule has 1 saturated heterocycles. The molecule has 0 atom stereocenters. The van der Waals surface area contributed by atoms with Crippen LogP contribution in [0.25, 0.3) is 0 Å². The van der Waals surface area contributed by atoms with Gasteiger partial charge in [-0.15, -0.1) is 0 Å². The van der Waals surface area contributed by atoms with E-state index in [1.54, 1.807) is 37.1 Å². The molecule has 1 aliphatic heterocycles. The van der Waals surface area contributed by atoms with E-state index in [1.165, 1.54) is 19.2 Å². The van der Waals surface area contributed by atoms with Crippen molar-refractivity contribution in [2.45, 2.75) is 32.1 Å². The number of alkyl halides is 3. The van der Waals surface area contributed by atoms with Gasteiger partial charge >= 0.3 is 6.18 Å². The number of thiocarbonyl (C=S) groups is 1. The van der Waals surface area contributed by atoms with Gasteiger partial charge < -0.3 is 9.64 Å². The Hall–Kier alpha value is -3.19. The van der Waals surface area contributed by atoms with Crippen LogP contribution in [0.4, 0.5) is 18.9 Å². The third-order valence-corrected chi connectivity index (χ3v) is 5.26. The number of carbonyl (C=O) groups is 1. The van der Waals surface area contributed by atoms with Crippen LogP contribution in [0, 0.1) is 11.3 Å². The summed E-state index contributed by atoms with van der Waals surface area (Å²) in [5, 5.41) is 9.06. The molecule has 0 aliphatic carbocycles. The number of methoxy groups -OCH3 is 1. The minimum absolute atomic E-state index is 0.0419. The van der Waals surface area contributed by atoms with Crippen LogP contribution in [0.2, 0.25) is 0 Å². The van der Waals surface area contributed by atoms with Crippen LogP contribution in [0.3, 0.4) is 0 Å². The van der Waals surface area contributed by atoms with Gasteiger partial charge in [-0.1, -0.05) is 6.07 Å². The minimum Gasteiger partial charge on any atom is -0.481 e. The fourth-order valence-electron chi connectivity index (χ4n) is 3.14. The zero-order valence-corrected chi connectivity index (χ0v) is 17.1. The van der Waals surface area contributed by atoms with Crippen molar-refractivity contribution in [2.75, 3.05) is 12.0 Å². The molecule has 10 heteroatoms. The SMILES string of the molecule is COc1ccc(CN2C(=S)N(c3ccc(C#N)c(C(F)(F)F)c3)C(=O)C2(C)C)cn1. The van der Waals surface area contributed by atoms with E-state index in [4.69, 9.17) is 22.2 Å². The predicted molar refractivity (Wildman–Crippen MR) is 107 cm³/mol. The molecule has 0 unspecified atom stereocenters. The highest BCUT2D eigenvalue weighted by Crippen LogP contribution is 2.38. The van der Waals surface area contributed by atoms with E-state index in [0.717, 1.165) is 22.6 Å². The van der Waals surface area contributed by atoms with Crippen molar-refractivity contribution < 1.29 is 22.7 Å². The average Bonchev–Trinajstić information content (AvgIpc) is 2.87. The Morgan fingerprint density at radius 1 is 1.27 bits per heavy atom. The number of rotatable bonds is 4. The number of amides is 1. The summed E-state index contributed by atoms with van der Waals surface area (Å²) < 4.78 is 45.1. The highest BCUT2D eigenvalue weighted by molar-refractivity contribution is 7.80. The Kier molecular flexibility index (Phi) is 5.43. The number of pyridine rings is 1. The normalized spacial score (nSPS) is 16.0. The van der Waals surface area contributed by atoms with Crippen molar-refractivity contribution in [3.8, 4) is 11.9 Å². The topological polar surface area (TPSA) is 69.5 Å². The number of benzene rings is 1. The van der Waals surface area contributed by atoms with Gasteiger partial charge in [0.05, 0.1) is 30.0 Å². The minimum atomic E-state index is -4.74. The fourth-order valence-corrected chi connectivity index (χ4v) is 3.62. The molecule has 0 spiro atoms. The van der Waals surface area contributed by atoms with Gasteiger partial charge in [0.25, 0.3) is 5.91 Å². The lowest BCUT2D eigenvalue weighted by atomic mass is 10.0. The molecule has 0 radical (unpaired) electrons. The van der Waals surface area contributed by atoms with E-state index < -0.39 is 28.7 Å². The lowest BCUT2D eigenvalue weighted by molar-refractivity contribution is -0.137. The van der Waals surface area contributed by atoms with Crippen molar-refractivity contribution in [1.82, 2.24) is 9.88 Å². The number of nitriles is 1. The molecular formula is C20H17F3N4O2S. The molecule has 1 amide bonds. The van der Waals surface area contributed by atoms with E-state index in [2.05, 4.69) is 4.98 Å². The van der Waals surface area contributed by atoms with Crippen LogP contribution in [0.5, 0.6) is 5.88 Å². The van der Waals surface area contributed by atoms with E-state index >= 15 is 0 Å². The van der Waals surface area contributed by atoms with Gasteiger partial charge in [-0.05, 0) is 49.8 Å². The van der Waals surface area contributed by atoms with Crippen molar-refractivity contribution in [2.24, 2.45) is 0 Å². The average molecular weight is 434 g/mol. The Morgan fingerprint density at radius 2 is 1.97 bits per heavy atom. The van der Waals surface area contributed by atoms with Crippen LogP contribution >= 0.6 is 12.2 Å². The zero-order chi connectivity index (χ0) is 22.3. The molecule has 2 heterocycles. The summed E-state index contributed by atoms with van der Waals surface area (Å²) in [6.45, 7) is 3.52. The van der Waals surface area contributed by atoms with Gasteiger partial charge in [0.1, 0.15) is 5.54 Å². The zero-order valence-electron chi connectivity index (χ0n) is 16.3. The van der Waals surface area contributed by atoms with Crippen molar-refractivity contribution in [3.63, 3.8) is 0 Å². The maximum absolute atomic E-state index is 13.4. The first-order valence-electron chi connectivity index (χ1n) is 8.77. The molecule has 3 rings (SSSR count). The number of hydrogen-bond donors (Lipinski definition) is 0. The van der Waals surface area contributed by atoms with Gasteiger partial charge in [-0.3, -0.25) is 9.69 Å². The number of ether oxygens (including phenoxy) is 1. The molecule has 0 saturated carbocycles. The third-order valence-electron chi connectivity index (χ3n) is 4.86. The molecule has 0 N–H and O–H groups in total. The van der Waals surface area contributed by atoms with Crippen LogP contribution in [0.15, 0.2) is 36.5 Å². The molecule has 156 valence electrons. The maximum atomic E-state index is 13.4. The summed E-state index contributed by atoms with van der Waals surface area (Å²) in [4.78, 5) is 19.9. The highest BCUT2D eigenvalue weighted by atomic mass is 32.1. The Balaban J connectivity index is 1.98. The molecule has 0 bridgehead atoms. The number of hydrogen-bond acceptors (Lipinski definition) is 5. The molecule has 1 aliphatic rings. The maximum Gasteiger partial charge on any atom is 0.417 e.